The van der Waals surface area contributed by atoms with Gasteiger partial charge in [0, 0.05) is 19.0 Å². The van der Waals surface area contributed by atoms with Gasteiger partial charge in [-0.15, -0.1) is 0 Å². The van der Waals surface area contributed by atoms with Gasteiger partial charge in [0.05, 0.1) is 26.5 Å². The van der Waals surface area contributed by atoms with Crippen molar-refractivity contribution < 1.29 is 18.6 Å². The Hall–Kier alpha value is -2.81. The lowest BCUT2D eigenvalue weighted by Gasteiger charge is -2.25. The minimum Gasteiger partial charge on any atom is -0.481 e. The molecule has 2 N–H and O–H groups in total. The van der Waals surface area contributed by atoms with Crippen LogP contribution in [0.15, 0.2) is 36.1 Å². The normalized spacial score (nSPS) is 19.1. The van der Waals surface area contributed by atoms with Crippen LogP contribution in [0.2, 0.25) is 0 Å². The standard InChI is InChI=1S/C18H21F2N5O2/c1-18(20)6-4-3-5-12(18)11-25-15(27-2)9-14(24-25)17-22-10-13(19)16(23-17)21-7-8-26/h3-5,9-10,26H,6-8,11H2,1-2H3,(H,21,22,23). The molecular weight excluding hydrogens is 356 g/mol. The minimum absolute atomic E-state index is 0.0287. The Kier molecular flexibility index (Phi) is 5.50. The summed E-state index contributed by atoms with van der Waals surface area (Å²) in [7, 11) is 1.49. The third-order valence-corrected chi connectivity index (χ3v) is 4.25. The fourth-order valence-electron chi connectivity index (χ4n) is 2.73. The number of nitrogens with one attached hydrogen (secondary N) is 1. The van der Waals surface area contributed by atoms with E-state index >= 15 is 0 Å². The van der Waals surface area contributed by atoms with E-state index in [2.05, 4.69) is 20.4 Å². The van der Waals surface area contributed by atoms with Crippen molar-refractivity contribution >= 4 is 5.82 Å². The molecule has 27 heavy (non-hydrogen) atoms. The van der Waals surface area contributed by atoms with Gasteiger partial charge in [0.1, 0.15) is 11.4 Å². The zero-order valence-electron chi connectivity index (χ0n) is 15.1. The van der Waals surface area contributed by atoms with E-state index in [4.69, 9.17) is 9.84 Å². The van der Waals surface area contributed by atoms with E-state index in [1.165, 1.54) is 18.7 Å². The molecular formula is C18H21F2N5O2. The summed E-state index contributed by atoms with van der Waals surface area (Å²) in [6.07, 6.45) is 6.66. The lowest BCUT2D eigenvalue weighted by atomic mass is 9.90. The molecule has 3 rings (SSSR count). The molecule has 2 heterocycles. The van der Waals surface area contributed by atoms with E-state index in [0.717, 1.165) is 6.20 Å². The van der Waals surface area contributed by atoms with Crippen LogP contribution in [-0.2, 0) is 6.54 Å². The van der Waals surface area contributed by atoms with Crippen LogP contribution in [0, 0.1) is 5.82 Å². The molecule has 0 saturated heterocycles. The topological polar surface area (TPSA) is 85.1 Å². The fourth-order valence-corrected chi connectivity index (χ4v) is 2.73. The first kappa shape index (κ1) is 19.0. The molecule has 1 atom stereocenters. The molecule has 1 unspecified atom stereocenters. The molecule has 1 aliphatic carbocycles. The number of nitrogens with zero attached hydrogens (tertiary/aromatic N) is 4. The monoisotopic (exact) mass is 377 g/mol. The first-order valence-electron chi connectivity index (χ1n) is 8.49. The van der Waals surface area contributed by atoms with Gasteiger partial charge in [-0.25, -0.2) is 23.4 Å². The Morgan fingerprint density at radius 3 is 2.96 bits per heavy atom. The van der Waals surface area contributed by atoms with E-state index in [1.54, 1.807) is 18.2 Å². The second-order valence-electron chi connectivity index (χ2n) is 6.29. The summed E-state index contributed by atoms with van der Waals surface area (Å²) < 4.78 is 35.3. The van der Waals surface area contributed by atoms with Gasteiger partial charge in [-0.3, -0.25) is 0 Å². The number of rotatable bonds is 7. The highest BCUT2D eigenvalue weighted by Crippen LogP contribution is 2.32. The summed E-state index contributed by atoms with van der Waals surface area (Å²) >= 11 is 0. The zero-order chi connectivity index (χ0) is 19.4. The highest BCUT2D eigenvalue weighted by Gasteiger charge is 2.29. The summed E-state index contributed by atoms with van der Waals surface area (Å²) in [5.74, 6) is -0.0616. The van der Waals surface area contributed by atoms with Crippen LogP contribution in [0.1, 0.15) is 13.3 Å². The quantitative estimate of drug-likeness (QED) is 0.771. The number of anilines is 1. The molecule has 1 aliphatic rings. The average molecular weight is 377 g/mol. The number of hydrogen-bond donors (Lipinski definition) is 2. The third kappa shape index (κ3) is 4.13. The first-order chi connectivity index (χ1) is 12.9. The number of alkyl halides is 1. The summed E-state index contributed by atoms with van der Waals surface area (Å²) in [5, 5.41) is 15.9. The van der Waals surface area contributed by atoms with E-state index in [-0.39, 0.29) is 31.3 Å². The van der Waals surface area contributed by atoms with E-state index < -0.39 is 11.5 Å². The summed E-state index contributed by atoms with van der Waals surface area (Å²) in [5.41, 5.74) is -0.519. The van der Waals surface area contributed by atoms with Gasteiger partial charge in [0.25, 0.3) is 0 Å². The van der Waals surface area contributed by atoms with E-state index in [0.29, 0.717) is 23.6 Å². The molecule has 0 aromatic carbocycles. The Morgan fingerprint density at radius 2 is 2.26 bits per heavy atom. The molecule has 0 fully saturated rings. The largest absolute Gasteiger partial charge is 0.481 e. The van der Waals surface area contributed by atoms with Gasteiger partial charge < -0.3 is 15.2 Å². The number of hydrogen-bond acceptors (Lipinski definition) is 6. The molecule has 0 amide bonds. The van der Waals surface area contributed by atoms with Crippen molar-refractivity contribution in [2.45, 2.75) is 25.6 Å². The van der Waals surface area contributed by atoms with E-state index in [9.17, 15) is 8.78 Å². The van der Waals surface area contributed by atoms with Gasteiger partial charge in [0.15, 0.2) is 17.5 Å². The van der Waals surface area contributed by atoms with Crippen molar-refractivity contribution in [1.82, 2.24) is 19.7 Å². The fraction of sp³-hybridized carbons (Fsp3) is 0.389. The number of aliphatic hydroxyl groups is 1. The second-order valence-corrected chi connectivity index (χ2v) is 6.29. The molecule has 0 bridgehead atoms. The van der Waals surface area contributed by atoms with Crippen LogP contribution in [0.25, 0.3) is 11.5 Å². The van der Waals surface area contributed by atoms with Crippen molar-refractivity contribution in [3.05, 3.63) is 41.9 Å². The summed E-state index contributed by atoms with van der Waals surface area (Å²) in [6, 6.07) is 1.61. The zero-order valence-corrected chi connectivity index (χ0v) is 15.1. The van der Waals surface area contributed by atoms with Crippen LogP contribution in [0.4, 0.5) is 14.6 Å². The number of methoxy groups -OCH3 is 1. The first-order valence-corrected chi connectivity index (χ1v) is 8.49. The maximum absolute atomic E-state index is 14.7. The van der Waals surface area contributed by atoms with Crippen molar-refractivity contribution in [3.8, 4) is 17.4 Å². The molecule has 0 saturated carbocycles. The van der Waals surface area contributed by atoms with Gasteiger partial charge in [0.2, 0.25) is 5.88 Å². The maximum Gasteiger partial charge on any atom is 0.212 e. The van der Waals surface area contributed by atoms with Crippen molar-refractivity contribution in [3.63, 3.8) is 0 Å². The Morgan fingerprint density at radius 1 is 1.44 bits per heavy atom. The number of allylic oxidation sites excluding steroid dienone is 4. The Bertz CT molecular complexity index is 877. The van der Waals surface area contributed by atoms with Crippen LogP contribution < -0.4 is 10.1 Å². The summed E-state index contributed by atoms with van der Waals surface area (Å²) in [4.78, 5) is 8.07. The van der Waals surface area contributed by atoms with Gasteiger partial charge >= 0.3 is 0 Å². The molecule has 9 heteroatoms. The molecule has 2 aromatic rings. The Balaban J connectivity index is 1.91. The molecule has 0 spiro atoms. The van der Waals surface area contributed by atoms with E-state index in [1.807, 2.05) is 6.08 Å². The van der Waals surface area contributed by atoms with Gasteiger partial charge in [-0.2, -0.15) is 5.10 Å². The maximum atomic E-state index is 14.7. The van der Waals surface area contributed by atoms with Crippen molar-refractivity contribution in [2.75, 3.05) is 25.6 Å². The summed E-state index contributed by atoms with van der Waals surface area (Å²) in [6.45, 7) is 1.73. The average Bonchev–Trinajstić information content (AvgIpc) is 3.05. The van der Waals surface area contributed by atoms with Gasteiger partial charge in [-0.05, 0) is 12.5 Å². The Labute approximate surface area is 155 Å². The van der Waals surface area contributed by atoms with Crippen LogP contribution in [-0.4, -0.2) is 50.8 Å². The minimum atomic E-state index is -1.46. The highest BCUT2D eigenvalue weighted by molar-refractivity contribution is 5.54. The molecule has 0 aliphatic heterocycles. The molecule has 2 aromatic heterocycles. The van der Waals surface area contributed by atoms with Crippen molar-refractivity contribution in [2.24, 2.45) is 0 Å². The molecule has 0 radical (unpaired) electrons. The van der Waals surface area contributed by atoms with Gasteiger partial charge in [-0.1, -0.05) is 18.2 Å². The number of aromatic nitrogens is 4. The van der Waals surface area contributed by atoms with Crippen molar-refractivity contribution in [1.29, 1.82) is 0 Å². The lowest BCUT2D eigenvalue weighted by Crippen LogP contribution is -2.25. The SMILES string of the molecule is COc1cc(-c2ncc(F)c(NCCO)n2)nn1CC1=CC=CCC1(C)F. The second kappa shape index (κ2) is 7.83. The predicted octanol–water partition coefficient (Wildman–Crippen LogP) is 2.51. The number of ether oxygens (including phenoxy) is 1. The predicted molar refractivity (Wildman–Crippen MR) is 96.7 cm³/mol. The smallest absolute Gasteiger partial charge is 0.212 e. The lowest BCUT2D eigenvalue weighted by molar-refractivity contribution is 0.228. The molecule has 7 nitrogen and oxygen atoms in total. The number of aliphatic hydroxyl groups excluding tert-OH is 1. The van der Waals surface area contributed by atoms with Crippen LogP contribution >= 0.6 is 0 Å². The van der Waals surface area contributed by atoms with Crippen LogP contribution in [0.3, 0.4) is 0 Å². The molecule has 144 valence electrons. The number of halogens is 2. The third-order valence-electron chi connectivity index (χ3n) is 4.25. The highest BCUT2D eigenvalue weighted by atomic mass is 19.1. The van der Waals surface area contributed by atoms with Crippen LogP contribution in [0.5, 0.6) is 5.88 Å².